The Morgan fingerprint density at radius 2 is 1.67 bits per heavy atom. The fraction of sp³-hybridized carbons (Fsp3) is 0.300. The second-order valence-corrected chi connectivity index (χ2v) is 8.69. The van der Waals surface area contributed by atoms with Crippen molar-refractivity contribution in [3.8, 4) is 0 Å². The topological polar surface area (TPSA) is 83.5 Å². The molecule has 27 heavy (non-hydrogen) atoms. The molecule has 2 aromatic carbocycles. The molecule has 1 aliphatic heterocycles. The quantitative estimate of drug-likeness (QED) is 0.784. The van der Waals surface area contributed by atoms with Gasteiger partial charge in [0.2, 0.25) is 11.8 Å². The number of amides is 2. The molecule has 0 saturated carbocycles. The van der Waals surface area contributed by atoms with Crippen LogP contribution >= 0.6 is 0 Å². The smallest absolute Gasteiger partial charge is 0.225 e. The molecule has 1 unspecified atom stereocenters. The van der Waals surface area contributed by atoms with Gasteiger partial charge in [0.15, 0.2) is 9.84 Å². The minimum absolute atomic E-state index is 0.0272. The van der Waals surface area contributed by atoms with Gasteiger partial charge in [0.1, 0.15) is 0 Å². The molecule has 1 saturated heterocycles. The van der Waals surface area contributed by atoms with Crippen LogP contribution in [-0.4, -0.2) is 44.0 Å². The van der Waals surface area contributed by atoms with Crippen molar-refractivity contribution in [2.45, 2.75) is 17.9 Å². The Kier molecular flexibility index (Phi) is 5.91. The largest absolute Gasteiger partial charge is 0.355 e. The van der Waals surface area contributed by atoms with E-state index in [9.17, 15) is 18.0 Å². The zero-order valence-electron chi connectivity index (χ0n) is 14.9. The fourth-order valence-electron chi connectivity index (χ4n) is 3.10. The van der Waals surface area contributed by atoms with Crippen molar-refractivity contribution >= 4 is 21.7 Å². The average molecular weight is 386 g/mol. The second-order valence-electron chi connectivity index (χ2n) is 6.58. The molecule has 142 valence electrons. The van der Waals surface area contributed by atoms with Gasteiger partial charge in [0.25, 0.3) is 0 Å². The Hall–Kier alpha value is -2.67. The molecule has 2 aromatic rings. The Labute approximate surface area is 159 Å². The minimum Gasteiger partial charge on any atom is -0.355 e. The third kappa shape index (κ3) is 4.95. The van der Waals surface area contributed by atoms with Crippen LogP contribution in [0.3, 0.4) is 0 Å². The normalized spacial score (nSPS) is 17.1. The van der Waals surface area contributed by atoms with Crippen molar-refractivity contribution in [1.82, 2.24) is 10.2 Å². The summed E-state index contributed by atoms with van der Waals surface area (Å²) < 4.78 is 24.5. The van der Waals surface area contributed by atoms with Gasteiger partial charge in [0, 0.05) is 26.1 Å². The summed E-state index contributed by atoms with van der Waals surface area (Å²) in [7, 11) is -3.43. The number of carbonyl (C=O) groups excluding carboxylic acids is 2. The first kappa shape index (κ1) is 19.1. The Morgan fingerprint density at radius 1 is 1.04 bits per heavy atom. The number of benzene rings is 2. The number of carbonyl (C=O) groups is 2. The predicted molar refractivity (Wildman–Crippen MR) is 101 cm³/mol. The van der Waals surface area contributed by atoms with Gasteiger partial charge >= 0.3 is 0 Å². The zero-order chi connectivity index (χ0) is 19.3. The zero-order valence-corrected chi connectivity index (χ0v) is 15.7. The van der Waals surface area contributed by atoms with Gasteiger partial charge in [-0.25, -0.2) is 8.42 Å². The van der Waals surface area contributed by atoms with E-state index in [4.69, 9.17) is 0 Å². The number of sulfone groups is 1. The molecule has 0 bridgehead atoms. The Balaban J connectivity index is 1.49. The predicted octanol–water partition coefficient (Wildman–Crippen LogP) is 1.63. The van der Waals surface area contributed by atoms with Gasteiger partial charge in [-0.1, -0.05) is 48.5 Å². The molecule has 1 atom stereocenters. The summed E-state index contributed by atoms with van der Waals surface area (Å²) in [6.45, 7) is 0.857. The van der Waals surface area contributed by atoms with Crippen LogP contribution in [-0.2, 0) is 26.0 Å². The number of nitrogens with zero attached hydrogens (tertiary/aromatic N) is 1. The summed E-state index contributed by atoms with van der Waals surface area (Å²) in [5.74, 6) is -0.948. The van der Waals surface area contributed by atoms with Crippen LogP contribution in [0.15, 0.2) is 65.6 Å². The summed E-state index contributed by atoms with van der Waals surface area (Å²) in [6.07, 6.45) is 0.157. The first-order valence-corrected chi connectivity index (χ1v) is 10.5. The number of hydrogen-bond donors (Lipinski definition) is 1. The molecule has 3 rings (SSSR count). The summed E-state index contributed by atoms with van der Waals surface area (Å²) >= 11 is 0. The van der Waals surface area contributed by atoms with Crippen molar-refractivity contribution < 1.29 is 18.0 Å². The lowest BCUT2D eigenvalue weighted by molar-refractivity contribution is -0.129. The highest BCUT2D eigenvalue weighted by Crippen LogP contribution is 2.20. The van der Waals surface area contributed by atoms with Crippen LogP contribution in [0.1, 0.15) is 12.0 Å². The van der Waals surface area contributed by atoms with Gasteiger partial charge in [-0.05, 0) is 17.7 Å². The van der Waals surface area contributed by atoms with E-state index in [1.807, 2.05) is 30.3 Å². The molecule has 2 amide bonds. The lowest BCUT2D eigenvalue weighted by Gasteiger charge is -2.16. The standard InChI is InChI=1S/C20H22N2O4S/c23-19-13-17(15-22(19)14-16-7-3-1-4-8-16)20(24)21-11-12-27(25,26)18-9-5-2-6-10-18/h1-10,17H,11-15H2,(H,21,24). The first-order valence-electron chi connectivity index (χ1n) is 8.83. The molecule has 1 heterocycles. The summed E-state index contributed by atoms with van der Waals surface area (Å²) in [6, 6.07) is 17.8. The molecule has 0 radical (unpaired) electrons. The van der Waals surface area contributed by atoms with Crippen LogP contribution in [0.25, 0.3) is 0 Å². The van der Waals surface area contributed by atoms with Crippen molar-refractivity contribution in [2.24, 2.45) is 5.92 Å². The van der Waals surface area contributed by atoms with E-state index in [0.29, 0.717) is 13.1 Å². The maximum absolute atomic E-state index is 12.3. The van der Waals surface area contributed by atoms with E-state index in [2.05, 4.69) is 5.32 Å². The Bertz CT molecular complexity index is 898. The summed E-state index contributed by atoms with van der Waals surface area (Å²) in [5.41, 5.74) is 1.01. The average Bonchev–Trinajstić information content (AvgIpc) is 3.04. The van der Waals surface area contributed by atoms with E-state index in [-0.39, 0.29) is 35.4 Å². The monoisotopic (exact) mass is 386 g/mol. The third-order valence-electron chi connectivity index (χ3n) is 4.57. The maximum atomic E-state index is 12.3. The van der Waals surface area contributed by atoms with Gasteiger partial charge in [0.05, 0.1) is 16.6 Å². The summed E-state index contributed by atoms with van der Waals surface area (Å²) in [5, 5.41) is 2.66. The number of rotatable bonds is 7. The van der Waals surface area contributed by atoms with E-state index in [0.717, 1.165) is 5.56 Å². The number of likely N-dealkylation sites (tertiary alicyclic amines) is 1. The van der Waals surface area contributed by atoms with E-state index < -0.39 is 15.8 Å². The molecule has 0 aliphatic carbocycles. The van der Waals surface area contributed by atoms with Crippen LogP contribution in [0.5, 0.6) is 0 Å². The molecule has 6 nitrogen and oxygen atoms in total. The maximum Gasteiger partial charge on any atom is 0.225 e. The third-order valence-corrected chi connectivity index (χ3v) is 6.31. The highest BCUT2D eigenvalue weighted by atomic mass is 32.2. The van der Waals surface area contributed by atoms with Crippen molar-refractivity contribution in [1.29, 1.82) is 0 Å². The lowest BCUT2D eigenvalue weighted by atomic mass is 10.1. The van der Waals surface area contributed by atoms with Crippen LogP contribution < -0.4 is 5.32 Å². The van der Waals surface area contributed by atoms with Gasteiger partial charge in [-0.2, -0.15) is 0 Å². The molecule has 7 heteroatoms. The van der Waals surface area contributed by atoms with Crippen molar-refractivity contribution in [2.75, 3.05) is 18.8 Å². The molecular formula is C20H22N2O4S. The Morgan fingerprint density at radius 3 is 2.33 bits per heavy atom. The van der Waals surface area contributed by atoms with E-state index in [1.165, 1.54) is 12.1 Å². The van der Waals surface area contributed by atoms with Crippen molar-refractivity contribution in [3.63, 3.8) is 0 Å². The van der Waals surface area contributed by atoms with Crippen LogP contribution in [0, 0.1) is 5.92 Å². The molecule has 0 spiro atoms. The lowest BCUT2D eigenvalue weighted by Crippen LogP contribution is -2.35. The molecule has 1 aliphatic rings. The molecule has 1 fully saturated rings. The summed E-state index contributed by atoms with van der Waals surface area (Å²) in [4.78, 5) is 26.4. The molecule has 1 N–H and O–H groups in total. The van der Waals surface area contributed by atoms with E-state index in [1.54, 1.807) is 23.1 Å². The van der Waals surface area contributed by atoms with Gasteiger partial charge in [-0.15, -0.1) is 0 Å². The molecule has 0 aromatic heterocycles. The number of hydrogen-bond acceptors (Lipinski definition) is 4. The number of nitrogens with one attached hydrogen (secondary N) is 1. The first-order chi connectivity index (χ1) is 13.0. The second kappa shape index (κ2) is 8.35. The SMILES string of the molecule is O=C(NCCS(=O)(=O)c1ccccc1)C1CC(=O)N(Cc2ccccc2)C1. The van der Waals surface area contributed by atoms with Gasteiger partial charge < -0.3 is 10.2 Å². The van der Waals surface area contributed by atoms with Crippen LogP contribution in [0.2, 0.25) is 0 Å². The van der Waals surface area contributed by atoms with Gasteiger partial charge in [-0.3, -0.25) is 9.59 Å². The van der Waals surface area contributed by atoms with Crippen molar-refractivity contribution in [3.05, 3.63) is 66.2 Å². The van der Waals surface area contributed by atoms with Crippen LogP contribution in [0.4, 0.5) is 0 Å². The van der Waals surface area contributed by atoms with E-state index >= 15 is 0 Å². The molecular weight excluding hydrogens is 364 g/mol. The fourth-order valence-corrected chi connectivity index (χ4v) is 4.28. The minimum atomic E-state index is -3.43. The highest BCUT2D eigenvalue weighted by Gasteiger charge is 2.34. The highest BCUT2D eigenvalue weighted by molar-refractivity contribution is 7.91.